The van der Waals surface area contributed by atoms with Gasteiger partial charge in [-0.1, -0.05) is 154 Å². The van der Waals surface area contributed by atoms with Gasteiger partial charge in [0.1, 0.15) is 0 Å². The van der Waals surface area contributed by atoms with Crippen LogP contribution in [0.1, 0.15) is 164 Å². The Hall–Kier alpha value is -5.48. The number of benzene rings is 1. The van der Waals surface area contributed by atoms with Crippen LogP contribution in [0.3, 0.4) is 0 Å². The van der Waals surface area contributed by atoms with E-state index in [1.807, 2.05) is 33.0 Å². The second-order valence-corrected chi connectivity index (χ2v) is 16.7. The van der Waals surface area contributed by atoms with Crippen LogP contribution in [-0.4, -0.2) is 62.1 Å². The molecule has 368 valence electrons. The van der Waals surface area contributed by atoms with Crippen LogP contribution in [0.25, 0.3) is 10.4 Å². The Kier molecular flexibility index (Phi) is 55.3. The van der Waals surface area contributed by atoms with Crippen molar-refractivity contribution in [2.45, 2.75) is 143 Å². The quantitative estimate of drug-likeness (QED) is 0.0305. The predicted octanol–water partition coefficient (Wildman–Crippen LogP) is 10.9. The summed E-state index contributed by atoms with van der Waals surface area (Å²) in [5, 5.41) is 5.33. The molecule has 0 radical (unpaired) electrons. The molecule has 0 saturated carbocycles. The number of nitrogens with one attached hydrogen (secondary N) is 1. The Bertz CT molecular complexity index is 1500. The van der Waals surface area contributed by atoms with Gasteiger partial charge in [-0.25, -0.2) is 9.59 Å². The molecule has 0 atom stereocenters. The number of nitrogens with zero attached hydrogens (tertiary/aromatic N) is 3. The fraction of sp³-hybridized carbons (Fsp3) is 0.653. The number of methoxy groups -OCH3 is 2. The number of Topliss-reactive ketones (excluding diaryl/α,β-unsaturated/α-hetero) is 1. The van der Waals surface area contributed by atoms with Crippen molar-refractivity contribution in [2.75, 3.05) is 20.8 Å². The summed E-state index contributed by atoms with van der Waals surface area (Å²) in [4.78, 5) is 76.5. The topological polar surface area (TPSA) is 251 Å². The number of hydrogen-bond acceptors (Lipinski definition) is 10. The molecule has 0 heterocycles. The third-order valence-electron chi connectivity index (χ3n) is 7.16. The van der Waals surface area contributed by atoms with Gasteiger partial charge in [0, 0.05) is 47.1 Å². The van der Waals surface area contributed by atoms with Crippen molar-refractivity contribution in [1.82, 2.24) is 5.32 Å². The van der Waals surface area contributed by atoms with Crippen molar-refractivity contribution < 1.29 is 43.0 Å². The fourth-order valence-corrected chi connectivity index (χ4v) is 3.13. The lowest BCUT2D eigenvalue weighted by Gasteiger charge is -2.04. The fourth-order valence-electron chi connectivity index (χ4n) is 3.13. The Balaban J connectivity index is -0.000000119. The number of imide groups is 1. The minimum atomic E-state index is -0.797. The van der Waals surface area contributed by atoms with E-state index in [0.29, 0.717) is 29.5 Å². The largest absolute Gasteiger partial charge is 0.469 e. The molecular weight excluding hydrogens is 817 g/mol. The summed E-state index contributed by atoms with van der Waals surface area (Å²) >= 11 is 0. The smallest absolute Gasteiger partial charge is 0.337 e. The van der Waals surface area contributed by atoms with Gasteiger partial charge in [0.2, 0.25) is 11.8 Å². The highest BCUT2D eigenvalue weighted by Crippen LogP contribution is 2.11. The Morgan fingerprint density at radius 2 is 1.16 bits per heavy atom. The first kappa shape index (κ1) is 72.9. The molecule has 0 unspecified atom stereocenters. The van der Waals surface area contributed by atoms with E-state index in [1.165, 1.54) is 33.1 Å². The first-order chi connectivity index (χ1) is 29.4. The zero-order valence-corrected chi connectivity index (χ0v) is 43.0. The van der Waals surface area contributed by atoms with E-state index in [-0.39, 0.29) is 58.9 Å². The molecule has 0 fully saturated rings. The first-order valence-corrected chi connectivity index (χ1v) is 21.7. The van der Waals surface area contributed by atoms with Crippen LogP contribution in [0.5, 0.6) is 0 Å². The lowest BCUT2D eigenvalue weighted by molar-refractivity contribution is -0.144. The van der Waals surface area contributed by atoms with E-state index in [0.717, 1.165) is 18.8 Å². The van der Waals surface area contributed by atoms with Crippen LogP contribution in [0.4, 0.5) is 4.79 Å². The van der Waals surface area contributed by atoms with Crippen LogP contribution in [0, 0.1) is 59.7 Å². The highest BCUT2D eigenvalue weighted by molar-refractivity contribution is 5.98. The normalized spacial score (nSPS) is 9.34. The predicted molar refractivity (Wildman–Crippen MR) is 262 cm³/mol. The number of esters is 2. The molecule has 1 aromatic rings. The van der Waals surface area contributed by atoms with Crippen molar-refractivity contribution >= 4 is 41.4 Å². The van der Waals surface area contributed by atoms with E-state index >= 15 is 0 Å². The number of terminal acetylenes is 1. The maximum absolute atomic E-state index is 11.6. The summed E-state index contributed by atoms with van der Waals surface area (Å²) in [7, 11) is 2.72. The number of rotatable bonds is 14. The summed E-state index contributed by atoms with van der Waals surface area (Å²) < 4.78 is 8.93. The molecule has 0 aromatic heterocycles. The van der Waals surface area contributed by atoms with Gasteiger partial charge in [-0.3, -0.25) is 29.3 Å². The minimum absolute atomic E-state index is 0.00463. The van der Waals surface area contributed by atoms with Crippen LogP contribution in [-0.2, 0) is 28.7 Å². The van der Waals surface area contributed by atoms with Crippen LogP contribution < -0.4 is 16.8 Å². The summed E-state index contributed by atoms with van der Waals surface area (Å²) in [6.45, 7) is 37.0. The Labute approximate surface area is 387 Å². The molecular formula is C49H88N6O9. The van der Waals surface area contributed by atoms with Crippen molar-refractivity contribution in [3.63, 3.8) is 0 Å². The molecule has 0 aliphatic heterocycles. The second kappa shape index (κ2) is 48.6. The molecule has 4 amide bonds. The van der Waals surface area contributed by atoms with Gasteiger partial charge in [-0.05, 0) is 47.9 Å². The Morgan fingerprint density at radius 1 is 0.719 bits per heavy atom. The highest BCUT2D eigenvalue weighted by Gasteiger charge is 2.12. The SMILES string of the molecule is C#CCC(C)C.C=CC(=O)C(C)C.CC(C)C(=O)NC(N)=O.CC(C)C(N)=O.CC(C)CCN=[N+]=[N-].CCCC(C)C.COC(=O)C(C)C.COC(=O)c1ccc(C(=O)C(C)C)cc1. The molecule has 0 aliphatic rings. The van der Waals surface area contributed by atoms with Crippen molar-refractivity contribution in [2.24, 2.45) is 63.9 Å². The van der Waals surface area contributed by atoms with Gasteiger partial charge < -0.3 is 20.9 Å². The number of urea groups is 1. The number of carbonyl (C=O) groups is 7. The lowest BCUT2D eigenvalue weighted by Crippen LogP contribution is -2.37. The monoisotopic (exact) mass is 905 g/mol. The van der Waals surface area contributed by atoms with Gasteiger partial charge in [-0.15, -0.1) is 12.3 Å². The van der Waals surface area contributed by atoms with Crippen molar-refractivity contribution in [3.8, 4) is 12.3 Å². The summed E-state index contributed by atoms with van der Waals surface area (Å²) in [5.41, 5.74) is 18.4. The average Bonchev–Trinajstić information content (AvgIpc) is 3.20. The number of azide groups is 1. The minimum Gasteiger partial charge on any atom is -0.469 e. The van der Waals surface area contributed by atoms with Gasteiger partial charge in [-0.2, -0.15) is 0 Å². The number of allylic oxidation sites excluding steroid dienone is 1. The molecule has 5 N–H and O–H groups in total. The molecule has 0 saturated heterocycles. The van der Waals surface area contributed by atoms with Crippen molar-refractivity contribution in [3.05, 3.63) is 58.5 Å². The summed E-state index contributed by atoms with van der Waals surface area (Å²) in [5.74, 6) is 3.70. The van der Waals surface area contributed by atoms with Crippen LogP contribution in [0.2, 0.25) is 0 Å². The zero-order chi connectivity index (χ0) is 52.1. The van der Waals surface area contributed by atoms with Crippen LogP contribution in [0.15, 0.2) is 42.0 Å². The number of amides is 4. The molecule has 0 spiro atoms. The van der Waals surface area contributed by atoms with E-state index in [4.69, 9.17) is 17.7 Å². The zero-order valence-electron chi connectivity index (χ0n) is 43.0. The van der Waals surface area contributed by atoms with Gasteiger partial charge >= 0.3 is 18.0 Å². The molecule has 1 rings (SSSR count). The van der Waals surface area contributed by atoms with Gasteiger partial charge in [0.15, 0.2) is 11.6 Å². The van der Waals surface area contributed by atoms with E-state index in [1.54, 1.807) is 65.8 Å². The van der Waals surface area contributed by atoms with E-state index < -0.39 is 12.0 Å². The molecule has 1 aromatic carbocycles. The molecule has 15 heteroatoms. The number of primary amides is 2. The number of nitrogens with two attached hydrogens (primary N) is 2. The first-order valence-electron chi connectivity index (χ1n) is 21.7. The second-order valence-electron chi connectivity index (χ2n) is 16.7. The number of ketones is 2. The van der Waals surface area contributed by atoms with Crippen molar-refractivity contribution in [1.29, 1.82) is 0 Å². The van der Waals surface area contributed by atoms with E-state index in [2.05, 4.69) is 86.2 Å². The maximum Gasteiger partial charge on any atom is 0.337 e. The lowest BCUT2D eigenvalue weighted by atomic mass is 10.0. The highest BCUT2D eigenvalue weighted by atomic mass is 16.5. The molecule has 0 bridgehead atoms. The van der Waals surface area contributed by atoms with Gasteiger partial charge in [0.05, 0.1) is 25.7 Å². The number of hydrogen-bond donors (Lipinski definition) is 3. The third-order valence-corrected chi connectivity index (χ3v) is 7.16. The maximum atomic E-state index is 11.6. The summed E-state index contributed by atoms with van der Waals surface area (Å²) in [6.07, 6.45) is 10.9. The number of carbonyl (C=O) groups excluding carboxylic acids is 7. The van der Waals surface area contributed by atoms with E-state index in [9.17, 15) is 33.6 Å². The molecule has 15 nitrogen and oxygen atoms in total. The number of ether oxygens (including phenoxy) is 2. The van der Waals surface area contributed by atoms with Crippen LogP contribution >= 0.6 is 0 Å². The van der Waals surface area contributed by atoms with Gasteiger partial charge in [0.25, 0.3) is 0 Å². The average molecular weight is 905 g/mol. The third kappa shape index (κ3) is 60.8. The Morgan fingerprint density at radius 3 is 1.31 bits per heavy atom. The molecule has 0 aliphatic carbocycles. The summed E-state index contributed by atoms with van der Waals surface area (Å²) in [6, 6.07) is 5.69. The standard InChI is InChI=1S/C12H14O3.C6H10O.C6H14.C6H10.C5H11N3.C5H10N2O2.C5H10O2.C4H9NO/c1-8(2)11(13)9-4-6-10(7-5-9)12(14)15-3;1-4-6(7)5(2)3;2*1-4-5-6(2)3;1-5(2)3-4-7-8-6;1-3(2)4(8)7-5(6)9;1-4(2)5(6)7-3;1-3(2)4(5)6/h4-8H,1-3H3;4-5H,1H2,2-3H3;6H,4-5H2,1-3H3;1,6H,5H2,2-3H3;5H,3-4H2,1-2H3;3H,1-2H3,(H3,6,7,8,9);4H,1-3H3;3H,1-2H3,(H2,5,6). The molecule has 64 heavy (non-hydrogen) atoms.